The first-order valence-corrected chi connectivity index (χ1v) is 7.35. The largest absolute Gasteiger partial charge is 0.493 e. The molecule has 1 saturated heterocycles. The topological polar surface area (TPSA) is 48.0 Å². The summed E-state index contributed by atoms with van der Waals surface area (Å²) in [5.41, 5.74) is 0.899. The van der Waals surface area contributed by atoms with E-state index in [9.17, 15) is 4.79 Å². The highest BCUT2D eigenvalue weighted by Gasteiger charge is 2.33. The molecule has 112 valence electrons. The molecule has 1 atom stereocenters. The van der Waals surface area contributed by atoms with Crippen molar-refractivity contribution >= 4 is 17.7 Å². The zero-order valence-corrected chi connectivity index (χ0v) is 13.0. The van der Waals surface area contributed by atoms with Crippen LogP contribution in [0.3, 0.4) is 0 Å². The third-order valence-electron chi connectivity index (χ3n) is 3.20. The van der Waals surface area contributed by atoms with Crippen LogP contribution in [0.4, 0.5) is 0 Å². The number of hydrogen-bond donors (Lipinski definition) is 0. The van der Waals surface area contributed by atoms with Crippen LogP contribution in [0.5, 0.6) is 17.2 Å². The maximum Gasteiger partial charge on any atom is 0.234 e. The van der Waals surface area contributed by atoms with E-state index in [1.54, 1.807) is 26.2 Å². The number of carbonyl (C=O) groups is 1. The summed E-state index contributed by atoms with van der Waals surface area (Å²) >= 11 is 1.53. The van der Waals surface area contributed by atoms with Crippen LogP contribution in [0.2, 0.25) is 0 Å². The first-order valence-electron chi connectivity index (χ1n) is 6.30. The number of methoxy groups -OCH3 is 3. The molecular formula is C15H17NO4S. The van der Waals surface area contributed by atoms with Crippen molar-refractivity contribution in [1.82, 2.24) is 4.90 Å². The molecule has 1 aromatic carbocycles. The third kappa shape index (κ3) is 2.88. The Morgan fingerprint density at radius 2 is 1.90 bits per heavy atom. The summed E-state index contributed by atoms with van der Waals surface area (Å²) in [5.74, 6) is 4.64. The zero-order chi connectivity index (χ0) is 15.4. The lowest BCUT2D eigenvalue weighted by atomic mass is 10.1. The van der Waals surface area contributed by atoms with E-state index < -0.39 is 0 Å². The molecule has 1 aliphatic rings. The monoisotopic (exact) mass is 307 g/mol. The highest BCUT2D eigenvalue weighted by molar-refractivity contribution is 8.00. The van der Waals surface area contributed by atoms with Gasteiger partial charge in [0, 0.05) is 0 Å². The van der Waals surface area contributed by atoms with Gasteiger partial charge in [0.25, 0.3) is 0 Å². The third-order valence-corrected chi connectivity index (χ3v) is 4.46. The second-order valence-corrected chi connectivity index (χ2v) is 5.42. The van der Waals surface area contributed by atoms with Gasteiger partial charge in [-0.1, -0.05) is 5.92 Å². The number of amides is 1. The number of thioether (sulfide) groups is 1. The highest BCUT2D eigenvalue weighted by Crippen LogP contribution is 2.45. The Balaban J connectivity index is 2.44. The van der Waals surface area contributed by atoms with Crippen molar-refractivity contribution < 1.29 is 19.0 Å². The lowest BCUT2D eigenvalue weighted by Gasteiger charge is -2.23. The Bertz CT molecular complexity index is 557. The van der Waals surface area contributed by atoms with Gasteiger partial charge in [0.1, 0.15) is 5.37 Å². The minimum absolute atomic E-state index is 0.0386. The second kappa shape index (κ2) is 6.64. The Kier molecular flexibility index (Phi) is 4.86. The van der Waals surface area contributed by atoms with Gasteiger partial charge in [0.05, 0.1) is 33.6 Å². The van der Waals surface area contributed by atoms with Crippen molar-refractivity contribution in [2.24, 2.45) is 0 Å². The molecule has 1 heterocycles. The van der Waals surface area contributed by atoms with Crippen LogP contribution in [0.15, 0.2) is 12.1 Å². The summed E-state index contributed by atoms with van der Waals surface area (Å²) in [4.78, 5) is 13.6. The molecule has 6 heteroatoms. The average Bonchev–Trinajstić information content (AvgIpc) is 2.87. The van der Waals surface area contributed by atoms with Gasteiger partial charge in [-0.3, -0.25) is 4.79 Å². The average molecular weight is 307 g/mol. The van der Waals surface area contributed by atoms with Crippen molar-refractivity contribution in [3.05, 3.63) is 17.7 Å². The number of nitrogens with zero attached hydrogens (tertiary/aromatic N) is 1. The van der Waals surface area contributed by atoms with Gasteiger partial charge in [-0.25, -0.2) is 0 Å². The van der Waals surface area contributed by atoms with E-state index >= 15 is 0 Å². The summed E-state index contributed by atoms with van der Waals surface area (Å²) < 4.78 is 16.0. The number of benzene rings is 1. The molecule has 1 aliphatic heterocycles. The smallest absolute Gasteiger partial charge is 0.234 e. The molecule has 0 N–H and O–H groups in total. The van der Waals surface area contributed by atoms with Gasteiger partial charge in [-0.2, -0.15) is 0 Å². The van der Waals surface area contributed by atoms with Gasteiger partial charge >= 0.3 is 0 Å². The van der Waals surface area contributed by atoms with Gasteiger partial charge in [0.15, 0.2) is 11.5 Å². The van der Waals surface area contributed by atoms with Crippen molar-refractivity contribution in [2.45, 2.75) is 5.37 Å². The van der Waals surface area contributed by atoms with Crippen molar-refractivity contribution in [3.8, 4) is 29.6 Å². The Morgan fingerprint density at radius 1 is 1.29 bits per heavy atom. The molecule has 0 aliphatic carbocycles. The van der Waals surface area contributed by atoms with Crippen LogP contribution in [0, 0.1) is 12.3 Å². The predicted molar refractivity (Wildman–Crippen MR) is 81.8 cm³/mol. The molecule has 0 radical (unpaired) electrons. The minimum Gasteiger partial charge on any atom is -0.493 e. The van der Waals surface area contributed by atoms with Crippen LogP contribution >= 0.6 is 11.8 Å². The van der Waals surface area contributed by atoms with Crippen LogP contribution in [-0.2, 0) is 4.79 Å². The number of terminal acetylenes is 1. The normalized spacial score (nSPS) is 17.5. The number of ether oxygens (including phenoxy) is 3. The van der Waals surface area contributed by atoms with Crippen LogP contribution in [-0.4, -0.2) is 44.4 Å². The quantitative estimate of drug-likeness (QED) is 0.778. The minimum atomic E-state index is -0.137. The first kappa shape index (κ1) is 15.4. The zero-order valence-electron chi connectivity index (χ0n) is 12.2. The summed E-state index contributed by atoms with van der Waals surface area (Å²) in [7, 11) is 4.68. The van der Waals surface area contributed by atoms with Crippen molar-refractivity contribution in [3.63, 3.8) is 0 Å². The Labute approximate surface area is 128 Å². The molecule has 0 bridgehead atoms. The second-order valence-electron chi connectivity index (χ2n) is 4.35. The van der Waals surface area contributed by atoms with E-state index in [2.05, 4.69) is 5.92 Å². The van der Waals surface area contributed by atoms with Crippen LogP contribution < -0.4 is 14.2 Å². The van der Waals surface area contributed by atoms with E-state index in [0.717, 1.165) is 5.56 Å². The van der Waals surface area contributed by atoms with Gasteiger partial charge in [-0.05, 0) is 17.7 Å². The molecule has 0 aromatic heterocycles. The fraction of sp³-hybridized carbons (Fsp3) is 0.400. The Morgan fingerprint density at radius 3 is 2.38 bits per heavy atom. The fourth-order valence-corrected chi connectivity index (χ4v) is 3.41. The molecule has 1 aromatic rings. The lowest BCUT2D eigenvalue weighted by molar-refractivity contribution is -0.127. The molecule has 1 amide bonds. The molecule has 5 nitrogen and oxygen atoms in total. The van der Waals surface area contributed by atoms with E-state index in [4.69, 9.17) is 20.6 Å². The van der Waals surface area contributed by atoms with E-state index in [1.807, 2.05) is 12.1 Å². The molecule has 1 unspecified atom stereocenters. The predicted octanol–water partition coefficient (Wildman–Crippen LogP) is 1.92. The van der Waals surface area contributed by atoms with E-state index in [1.165, 1.54) is 11.8 Å². The Hall–Kier alpha value is -2.00. The van der Waals surface area contributed by atoms with E-state index in [-0.39, 0.29) is 17.8 Å². The maximum atomic E-state index is 11.9. The van der Waals surface area contributed by atoms with Gasteiger partial charge in [-0.15, -0.1) is 18.2 Å². The molecule has 0 saturated carbocycles. The molecule has 0 spiro atoms. The van der Waals surface area contributed by atoms with Crippen LogP contribution in [0.1, 0.15) is 10.9 Å². The number of rotatable bonds is 5. The number of hydrogen-bond acceptors (Lipinski definition) is 5. The SMILES string of the molecule is C#CCN1C(=O)CSC1c1cc(OC)c(OC)c(OC)c1. The van der Waals surface area contributed by atoms with Crippen molar-refractivity contribution in [2.75, 3.05) is 33.6 Å². The summed E-state index contributed by atoms with van der Waals surface area (Å²) in [6.45, 7) is 0.285. The maximum absolute atomic E-state index is 11.9. The standard InChI is InChI=1S/C15H17NO4S/c1-5-6-16-13(17)9-21-15(16)10-7-11(18-2)14(20-4)12(8-10)19-3/h1,7-8,15H,6,9H2,2-4H3. The lowest BCUT2D eigenvalue weighted by Crippen LogP contribution is -2.28. The molecular weight excluding hydrogens is 290 g/mol. The molecule has 2 rings (SSSR count). The number of carbonyl (C=O) groups excluding carboxylic acids is 1. The summed E-state index contributed by atoms with van der Waals surface area (Å²) in [6, 6.07) is 3.70. The fourth-order valence-electron chi connectivity index (χ4n) is 2.24. The first-order chi connectivity index (χ1) is 10.2. The van der Waals surface area contributed by atoms with Gasteiger partial charge in [0.2, 0.25) is 11.7 Å². The van der Waals surface area contributed by atoms with Crippen molar-refractivity contribution in [1.29, 1.82) is 0 Å². The molecule has 21 heavy (non-hydrogen) atoms. The highest BCUT2D eigenvalue weighted by atomic mass is 32.2. The van der Waals surface area contributed by atoms with Crippen LogP contribution in [0.25, 0.3) is 0 Å². The molecule has 1 fully saturated rings. The van der Waals surface area contributed by atoms with Gasteiger partial charge < -0.3 is 19.1 Å². The van der Waals surface area contributed by atoms with E-state index in [0.29, 0.717) is 23.0 Å². The summed E-state index contributed by atoms with van der Waals surface area (Å²) in [6.07, 6.45) is 5.35. The summed E-state index contributed by atoms with van der Waals surface area (Å²) in [5, 5.41) is -0.137.